The Morgan fingerprint density at radius 2 is 1.06 bits per heavy atom. The smallest absolute Gasteiger partial charge is 0.195 e. The number of hydrogen-bond donors (Lipinski definition) is 1. The molecule has 154 valence electrons. The standard InChI is InChI=1S/C30H23NO/c32-30(27-21-11-4-12-22-27)28(25-17-7-2-8-18-25)29(26-19-9-3-10-20-26)31-23-13-16-24-14-5-1-6-15-24/h1-12,14-15,17-22,31H,23H2/b29-28-. The van der Waals surface area contributed by atoms with Gasteiger partial charge in [0, 0.05) is 11.1 Å². The van der Waals surface area contributed by atoms with Gasteiger partial charge in [0.2, 0.25) is 0 Å². The number of Topliss-reactive ketones (excluding diaryl/α,β-unsaturated/α-hetero) is 1. The highest BCUT2D eigenvalue weighted by molar-refractivity contribution is 6.34. The van der Waals surface area contributed by atoms with E-state index >= 15 is 0 Å². The summed E-state index contributed by atoms with van der Waals surface area (Å²) in [6.45, 7) is 0.414. The van der Waals surface area contributed by atoms with Crippen LogP contribution in [0.4, 0.5) is 0 Å². The Hall–Kier alpha value is -4.35. The van der Waals surface area contributed by atoms with Gasteiger partial charge in [0.1, 0.15) is 0 Å². The number of hydrogen-bond acceptors (Lipinski definition) is 2. The lowest BCUT2D eigenvalue weighted by molar-refractivity contribution is 0.105. The second kappa shape index (κ2) is 10.6. The van der Waals surface area contributed by atoms with Gasteiger partial charge in [0.05, 0.1) is 17.8 Å². The Morgan fingerprint density at radius 1 is 0.594 bits per heavy atom. The first-order valence-corrected chi connectivity index (χ1v) is 10.6. The number of carbonyl (C=O) groups is 1. The van der Waals surface area contributed by atoms with Crippen molar-refractivity contribution in [2.75, 3.05) is 6.54 Å². The fourth-order valence-corrected chi connectivity index (χ4v) is 3.47. The first-order valence-electron chi connectivity index (χ1n) is 10.6. The van der Waals surface area contributed by atoms with Gasteiger partial charge in [0.15, 0.2) is 5.78 Å². The molecule has 1 N–H and O–H groups in total. The van der Waals surface area contributed by atoms with Crippen molar-refractivity contribution in [2.45, 2.75) is 0 Å². The molecule has 0 atom stereocenters. The Kier molecular flexibility index (Phi) is 6.93. The summed E-state index contributed by atoms with van der Waals surface area (Å²) < 4.78 is 0. The van der Waals surface area contributed by atoms with E-state index in [1.165, 1.54) is 0 Å². The van der Waals surface area contributed by atoms with Crippen molar-refractivity contribution >= 4 is 17.1 Å². The molecule has 0 aliphatic rings. The van der Waals surface area contributed by atoms with Crippen molar-refractivity contribution in [1.82, 2.24) is 5.32 Å². The first kappa shape index (κ1) is 20.9. The van der Waals surface area contributed by atoms with E-state index in [2.05, 4.69) is 17.2 Å². The van der Waals surface area contributed by atoms with Crippen molar-refractivity contribution < 1.29 is 4.79 Å². The molecule has 0 unspecified atom stereocenters. The topological polar surface area (TPSA) is 29.1 Å². The van der Waals surface area contributed by atoms with Gasteiger partial charge in [-0.05, 0) is 23.3 Å². The van der Waals surface area contributed by atoms with Gasteiger partial charge in [-0.15, -0.1) is 0 Å². The predicted octanol–water partition coefficient (Wildman–Crippen LogP) is 6.08. The van der Waals surface area contributed by atoms with Gasteiger partial charge in [-0.1, -0.05) is 121 Å². The largest absolute Gasteiger partial charge is 0.373 e. The number of nitrogens with one attached hydrogen (secondary N) is 1. The summed E-state index contributed by atoms with van der Waals surface area (Å²) in [6.07, 6.45) is 0. The fourth-order valence-electron chi connectivity index (χ4n) is 3.47. The summed E-state index contributed by atoms with van der Waals surface area (Å²) >= 11 is 0. The fraction of sp³-hybridized carbons (Fsp3) is 0.0333. The number of benzene rings is 4. The molecule has 0 fully saturated rings. The van der Waals surface area contributed by atoms with Gasteiger partial charge in [-0.3, -0.25) is 4.79 Å². The SMILES string of the molecule is O=C(/C(=C(\NCC#Cc1ccccc1)c1ccccc1)c1ccccc1)c1ccccc1. The van der Waals surface area contributed by atoms with E-state index in [9.17, 15) is 4.79 Å². The van der Waals surface area contributed by atoms with Crippen molar-refractivity contribution in [3.05, 3.63) is 144 Å². The summed E-state index contributed by atoms with van der Waals surface area (Å²) in [4.78, 5) is 13.7. The maximum absolute atomic E-state index is 13.7. The van der Waals surface area contributed by atoms with E-state index in [1.807, 2.05) is 121 Å². The Morgan fingerprint density at radius 3 is 1.62 bits per heavy atom. The Labute approximate surface area is 189 Å². The first-order chi connectivity index (χ1) is 15.8. The highest BCUT2D eigenvalue weighted by Gasteiger charge is 2.20. The minimum absolute atomic E-state index is 0.0285. The highest BCUT2D eigenvalue weighted by Crippen LogP contribution is 2.28. The normalized spacial score (nSPS) is 11.0. The van der Waals surface area contributed by atoms with Crippen molar-refractivity contribution in [3.8, 4) is 11.8 Å². The van der Waals surface area contributed by atoms with Crippen LogP contribution >= 0.6 is 0 Å². The molecule has 32 heavy (non-hydrogen) atoms. The van der Waals surface area contributed by atoms with Crippen molar-refractivity contribution in [1.29, 1.82) is 0 Å². The van der Waals surface area contributed by atoms with Crippen LogP contribution in [0.5, 0.6) is 0 Å². The highest BCUT2D eigenvalue weighted by atomic mass is 16.1. The molecule has 0 spiro atoms. The molecule has 2 heteroatoms. The third-order valence-electron chi connectivity index (χ3n) is 5.00. The number of allylic oxidation sites excluding steroid dienone is 1. The minimum Gasteiger partial charge on any atom is -0.373 e. The van der Waals surface area contributed by atoms with E-state index < -0.39 is 0 Å². The van der Waals surface area contributed by atoms with Crippen LogP contribution in [0, 0.1) is 11.8 Å². The van der Waals surface area contributed by atoms with E-state index in [-0.39, 0.29) is 5.78 Å². The van der Waals surface area contributed by atoms with Crippen LogP contribution in [0.3, 0.4) is 0 Å². The quantitative estimate of drug-likeness (QED) is 0.180. The zero-order valence-electron chi connectivity index (χ0n) is 17.7. The molecule has 0 aliphatic carbocycles. The molecule has 4 rings (SSSR count). The number of ketones is 1. The molecule has 0 radical (unpaired) electrons. The van der Waals surface area contributed by atoms with Crippen LogP contribution in [-0.4, -0.2) is 12.3 Å². The van der Waals surface area contributed by atoms with E-state index in [0.717, 1.165) is 22.4 Å². The third kappa shape index (κ3) is 5.22. The Bertz CT molecular complexity index is 1250. The van der Waals surface area contributed by atoms with Crippen molar-refractivity contribution in [2.24, 2.45) is 0 Å². The van der Waals surface area contributed by atoms with Gasteiger partial charge < -0.3 is 5.32 Å². The second-order valence-corrected chi connectivity index (χ2v) is 7.20. The maximum atomic E-state index is 13.7. The molecule has 0 bridgehead atoms. The second-order valence-electron chi connectivity index (χ2n) is 7.20. The molecule has 4 aromatic carbocycles. The lowest BCUT2D eigenvalue weighted by Gasteiger charge is -2.17. The minimum atomic E-state index is -0.0285. The van der Waals surface area contributed by atoms with Crippen LogP contribution in [0.25, 0.3) is 11.3 Å². The number of carbonyl (C=O) groups excluding carboxylic acids is 1. The van der Waals surface area contributed by atoms with Gasteiger partial charge >= 0.3 is 0 Å². The molecule has 0 saturated heterocycles. The van der Waals surface area contributed by atoms with Crippen LogP contribution in [0.1, 0.15) is 27.0 Å². The zero-order chi connectivity index (χ0) is 22.0. The van der Waals surface area contributed by atoms with Crippen LogP contribution in [-0.2, 0) is 0 Å². The number of rotatable bonds is 6. The monoisotopic (exact) mass is 413 g/mol. The van der Waals surface area contributed by atoms with Crippen LogP contribution < -0.4 is 5.32 Å². The summed E-state index contributed by atoms with van der Waals surface area (Å²) in [7, 11) is 0. The Balaban J connectivity index is 1.79. The summed E-state index contributed by atoms with van der Waals surface area (Å²) in [5, 5.41) is 3.44. The summed E-state index contributed by atoms with van der Waals surface area (Å²) in [5.41, 5.74) is 4.82. The average Bonchev–Trinajstić information content (AvgIpc) is 2.88. The summed E-state index contributed by atoms with van der Waals surface area (Å²) in [6, 6.07) is 39.0. The van der Waals surface area contributed by atoms with E-state index in [1.54, 1.807) is 0 Å². The average molecular weight is 414 g/mol. The van der Waals surface area contributed by atoms with Gasteiger partial charge in [0.25, 0.3) is 0 Å². The lowest BCUT2D eigenvalue weighted by Crippen LogP contribution is -2.18. The molecule has 0 saturated carbocycles. The zero-order valence-corrected chi connectivity index (χ0v) is 17.7. The lowest BCUT2D eigenvalue weighted by atomic mass is 9.92. The van der Waals surface area contributed by atoms with Gasteiger partial charge in [-0.2, -0.15) is 0 Å². The molecular weight excluding hydrogens is 390 g/mol. The summed E-state index contributed by atoms with van der Waals surface area (Å²) in [5.74, 6) is 6.32. The van der Waals surface area contributed by atoms with E-state index in [0.29, 0.717) is 17.7 Å². The van der Waals surface area contributed by atoms with Gasteiger partial charge in [-0.25, -0.2) is 0 Å². The van der Waals surface area contributed by atoms with Crippen LogP contribution in [0.2, 0.25) is 0 Å². The van der Waals surface area contributed by atoms with E-state index in [4.69, 9.17) is 0 Å². The predicted molar refractivity (Wildman–Crippen MR) is 132 cm³/mol. The molecule has 4 aromatic rings. The molecule has 0 amide bonds. The molecule has 0 aromatic heterocycles. The molecular formula is C30H23NO. The molecule has 0 aliphatic heterocycles. The molecule has 2 nitrogen and oxygen atoms in total. The molecule has 0 heterocycles. The third-order valence-corrected chi connectivity index (χ3v) is 5.00. The van der Waals surface area contributed by atoms with Crippen LogP contribution in [0.15, 0.2) is 121 Å². The van der Waals surface area contributed by atoms with Crippen molar-refractivity contribution in [3.63, 3.8) is 0 Å². The maximum Gasteiger partial charge on any atom is 0.195 e.